The van der Waals surface area contributed by atoms with Crippen LogP contribution in [0.5, 0.6) is 5.75 Å². The van der Waals surface area contributed by atoms with Gasteiger partial charge in [0.05, 0.1) is 5.92 Å². The molecular weight excluding hydrogens is 400 g/mol. The second kappa shape index (κ2) is 10.3. The molecule has 0 bridgehead atoms. The first-order valence-corrected chi connectivity index (χ1v) is 11.9. The van der Waals surface area contributed by atoms with Crippen LogP contribution in [-0.2, 0) is 22.4 Å². The molecule has 32 heavy (non-hydrogen) atoms. The molecule has 1 aliphatic carbocycles. The van der Waals surface area contributed by atoms with Crippen molar-refractivity contribution in [2.45, 2.75) is 57.9 Å². The number of benzene rings is 2. The van der Waals surface area contributed by atoms with Crippen molar-refractivity contribution in [2.75, 3.05) is 26.2 Å². The summed E-state index contributed by atoms with van der Waals surface area (Å²) in [5.74, 6) is 0.423. The molecule has 0 spiro atoms. The van der Waals surface area contributed by atoms with Crippen molar-refractivity contribution in [3.63, 3.8) is 0 Å². The van der Waals surface area contributed by atoms with Crippen LogP contribution < -0.4 is 4.74 Å². The number of nitrogens with zero attached hydrogens (tertiary/aromatic N) is 2. The minimum atomic E-state index is -0.187. The molecule has 0 N–H and O–H groups in total. The van der Waals surface area contributed by atoms with Crippen molar-refractivity contribution in [3.8, 4) is 5.75 Å². The Labute approximate surface area is 191 Å². The van der Waals surface area contributed by atoms with Crippen molar-refractivity contribution in [1.29, 1.82) is 0 Å². The molecule has 1 fully saturated rings. The Hall–Kier alpha value is -2.66. The molecule has 1 atom stereocenters. The minimum Gasteiger partial charge on any atom is -0.426 e. The molecule has 0 aromatic heterocycles. The van der Waals surface area contributed by atoms with Crippen LogP contribution in [-0.4, -0.2) is 53.9 Å². The first kappa shape index (κ1) is 22.5. The second-order valence-corrected chi connectivity index (χ2v) is 9.22. The van der Waals surface area contributed by atoms with E-state index in [0.717, 1.165) is 56.6 Å². The third-order valence-electron chi connectivity index (χ3n) is 6.82. The molecule has 5 nitrogen and oxygen atoms in total. The zero-order chi connectivity index (χ0) is 22.5. The summed E-state index contributed by atoms with van der Waals surface area (Å²) in [5, 5.41) is 0. The number of carbonyl (C=O) groups is 2. The van der Waals surface area contributed by atoms with Gasteiger partial charge in [0.15, 0.2) is 0 Å². The smallest absolute Gasteiger partial charge is 0.318 e. The Morgan fingerprint density at radius 3 is 2.44 bits per heavy atom. The highest BCUT2D eigenvalue weighted by Gasteiger charge is 2.28. The monoisotopic (exact) mass is 434 g/mol. The van der Waals surface area contributed by atoms with Crippen molar-refractivity contribution < 1.29 is 14.3 Å². The number of ether oxygens (including phenoxy) is 1. The molecule has 2 aromatic rings. The maximum absolute atomic E-state index is 12.8. The van der Waals surface area contributed by atoms with E-state index in [1.54, 1.807) is 0 Å². The van der Waals surface area contributed by atoms with E-state index in [-0.39, 0.29) is 17.8 Å². The summed E-state index contributed by atoms with van der Waals surface area (Å²) in [6.45, 7) is 7.94. The summed E-state index contributed by atoms with van der Waals surface area (Å²) in [7, 11) is 0. The summed E-state index contributed by atoms with van der Waals surface area (Å²) >= 11 is 0. The molecule has 5 heteroatoms. The standard InChI is InChI=1S/C27H34N2O3/c1-20(2)28-16-18-29(19-17-28)26(30)15-12-21-10-13-23(14-11-21)32-27(31)25-9-5-7-22-6-3-4-8-24(22)25/h3-4,6,8,10-11,13-14,20,25H,5,7,9,12,15-19H2,1-2H3. The Morgan fingerprint density at radius 2 is 1.72 bits per heavy atom. The van der Waals surface area contributed by atoms with Gasteiger partial charge in [-0.1, -0.05) is 36.4 Å². The van der Waals surface area contributed by atoms with Crippen LogP contribution in [0.25, 0.3) is 0 Å². The van der Waals surface area contributed by atoms with Crippen LogP contribution in [0.3, 0.4) is 0 Å². The lowest BCUT2D eigenvalue weighted by Gasteiger charge is -2.37. The van der Waals surface area contributed by atoms with Crippen molar-refractivity contribution in [1.82, 2.24) is 9.80 Å². The number of fused-ring (bicyclic) bond motifs is 1. The van der Waals surface area contributed by atoms with E-state index in [9.17, 15) is 9.59 Å². The molecule has 1 aliphatic heterocycles. The summed E-state index contributed by atoms with van der Waals surface area (Å²) in [6, 6.07) is 16.3. The SMILES string of the molecule is CC(C)N1CCN(C(=O)CCc2ccc(OC(=O)C3CCCc4ccccc43)cc2)CC1. The van der Waals surface area contributed by atoms with Gasteiger partial charge >= 0.3 is 5.97 Å². The zero-order valence-corrected chi connectivity index (χ0v) is 19.3. The van der Waals surface area contributed by atoms with Crippen LogP contribution in [0.2, 0.25) is 0 Å². The Balaban J connectivity index is 1.27. The maximum atomic E-state index is 12.8. The predicted molar refractivity (Wildman–Crippen MR) is 126 cm³/mol. The highest BCUT2D eigenvalue weighted by atomic mass is 16.5. The quantitative estimate of drug-likeness (QED) is 0.505. The summed E-state index contributed by atoms with van der Waals surface area (Å²) in [6.07, 6.45) is 4.09. The molecule has 170 valence electrons. The predicted octanol–water partition coefficient (Wildman–Crippen LogP) is 4.20. The molecular formula is C27H34N2O3. The van der Waals surface area contributed by atoms with Gasteiger partial charge in [-0.05, 0) is 68.4 Å². The van der Waals surface area contributed by atoms with Gasteiger partial charge in [-0.15, -0.1) is 0 Å². The fourth-order valence-corrected chi connectivity index (χ4v) is 4.81. The van der Waals surface area contributed by atoms with Crippen molar-refractivity contribution >= 4 is 11.9 Å². The Bertz CT molecular complexity index is 930. The number of hydrogen-bond donors (Lipinski definition) is 0. The molecule has 2 aromatic carbocycles. The fourth-order valence-electron chi connectivity index (χ4n) is 4.81. The van der Waals surface area contributed by atoms with Gasteiger partial charge in [0.25, 0.3) is 0 Å². The molecule has 2 aliphatic rings. The average Bonchev–Trinajstić information content (AvgIpc) is 2.83. The van der Waals surface area contributed by atoms with Crippen LogP contribution >= 0.6 is 0 Å². The number of hydrogen-bond acceptors (Lipinski definition) is 4. The summed E-state index contributed by atoms with van der Waals surface area (Å²) < 4.78 is 5.70. The molecule has 1 amide bonds. The number of esters is 1. The molecule has 1 saturated heterocycles. The van der Waals surface area contributed by atoms with Gasteiger partial charge in [0, 0.05) is 38.6 Å². The Kier molecular flexibility index (Phi) is 7.26. The number of carbonyl (C=O) groups excluding carboxylic acids is 2. The Morgan fingerprint density at radius 1 is 1.00 bits per heavy atom. The first-order valence-electron chi connectivity index (χ1n) is 11.9. The van der Waals surface area contributed by atoms with E-state index < -0.39 is 0 Å². The van der Waals surface area contributed by atoms with Gasteiger partial charge in [-0.3, -0.25) is 14.5 Å². The number of aryl methyl sites for hydroxylation is 2. The van der Waals surface area contributed by atoms with Crippen molar-refractivity contribution in [3.05, 3.63) is 65.2 Å². The molecule has 0 radical (unpaired) electrons. The second-order valence-electron chi connectivity index (χ2n) is 9.22. The highest BCUT2D eigenvalue weighted by Crippen LogP contribution is 2.32. The molecule has 1 unspecified atom stereocenters. The van der Waals surface area contributed by atoms with E-state index in [4.69, 9.17) is 4.74 Å². The fraction of sp³-hybridized carbons (Fsp3) is 0.481. The van der Waals surface area contributed by atoms with Gasteiger partial charge in [0.2, 0.25) is 5.91 Å². The van der Waals surface area contributed by atoms with E-state index in [1.165, 1.54) is 5.56 Å². The van der Waals surface area contributed by atoms with Crippen LogP contribution in [0.4, 0.5) is 0 Å². The van der Waals surface area contributed by atoms with E-state index in [0.29, 0.717) is 24.6 Å². The van der Waals surface area contributed by atoms with Crippen LogP contribution in [0.15, 0.2) is 48.5 Å². The van der Waals surface area contributed by atoms with Crippen molar-refractivity contribution in [2.24, 2.45) is 0 Å². The highest BCUT2D eigenvalue weighted by molar-refractivity contribution is 5.81. The molecule has 0 saturated carbocycles. The van der Waals surface area contributed by atoms with E-state index in [1.807, 2.05) is 47.4 Å². The van der Waals surface area contributed by atoms with Gasteiger partial charge < -0.3 is 9.64 Å². The number of rotatable bonds is 6. The molecule has 1 heterocycles. The minimum absolute atomic E-state index is 0.180. The van der Waals surface area contributed by atoms with Crippen LogP contribution in [0.1, 0.15) is 55.7 Å². The van der Waals surface area contributed by atoms with Gasteiger partial charge in [-0.2, -0.15) is 0 Å². The lowest BCUT2D eigenvalue weighted by Crippen LogP contribution is -2.50. The van der Waals surface area contributed by atoms with E-state index >= 15 is 0 Å². The lowest BCUT2D eigenvalue weighted by atomic mass is 9.83. The summed E-state index contributed by atoms with van der Waals surface area (Å²) in [4.78, 5) is 29.8. The third kappa shape index (κ3) is 5.39. The largest absolute Gasteiger partial charge is 0.426 e. The average molecular weight is 435 g/mol. The van der Waals surface area contributed by atoms with Gasteiger partial charge in [0.1, 0.15) is 5.75 Å². The van der Waals surface area contributed by atoms with E-state index in [2.05, 4.69) is 24.8 Å². The number of piperazine rings is 1. The first-order chi connectivity index (χ1) is 15.5. The normalized spacial score (nSPS) is 19.0. The lowest BCUT2D eigenvalue weighted by molar-refractivity contribution is -0.136. The molecule has 4 rings (SSSR count). The zero-order valence-electron chi connectivity index (χ0n) is 19.3. The maximum Gasteiger partial charge on any atom is 0.318 e. The number of amides is 1. The van der Waals surface area contributed by atoms with Gasteiger partial charge in [-0.25, -0.2) is 0 Å². The van der Waals surface area contributed by atoms with Crippen LogP contribution in [0, 0.1) is 0 Å². The topological polar surface area (TPSA) is 49.9 Å². The summed E-state index contributed by atoms with van der Waals surface area (Å²) in [5.41, 5.74) is 3.45. The third-order valence-corrected chi connectivity index (χ3v) is 6.82.